The minimum atomic E-state index is -0.180. The van der Waals surface area contributed by atoms with Crippen LogP contribution >= 0.6 is 0 Å². The Morgan fingerprint density at radius 1 is 1.53 bits per heavy atom. The third kappa shape index (κ3) is 2.97. The van der Waals surface area contributed by atoms with Crippen LogP contribution in [0.15, 0.2) is 24.3 Å². The van der Waals surface area contributed by atoms with Crippen LogP contribution < -0.4 is 10.1 Å². The largest absolute Gasteiger partial charge is 0.493 e. The van der Waals surface area contributed by atoms with Crippen LogP contribution in [0, 0.1) is 0 Å². The van der Waals surface area contributed by atoms with E-state index in [1.165, 1.54) is 12.7 Å². The molecule has 0 aliphatic carbocycles. The minimum absolute atomic E-state index is 0.180. The number of para-hydroxylation sites is 1. The number of rotatable bonds is 5. The summed E-state index contributed by atoms with van der Waals surface area (Å²) in [5, 5.41) is 3.25. The first-order valence-corrected chi connectivity index (χ1v) is 5.80. The molecule has 92 valence electrons. The molecule has 0 radical (unpaired) electrons. The van der Waals surface area contributed by atoms with E-state index in [0.29, 0.717) is 25.5 Å². The molecule has 0 bridgehead atoms. The molecule has 2 rings (SSSR count). The SMILES string of the molecule is COC(=O)CCNCC1COc2ccccc21. The van der Waals surface area contributed by atoms with Crippen molar-refractivity contribution < 1.29 is 14.3 Å². The zero-order valence-corrected chi connectivity index (χ0v) is 9.94. The number of fused-ring (bicyclic) bond motifs is 1. The summed E-state index contributed by atoms with van der Waals surface area (Å²) in [4.78, 5) is 10.9. The first-order valence-electron chi connectivity index (χ1n) is 5.80. The number of nitrogens with one attached hydrogen (secondary N) is 1. The molecule has 0 fully saturated rings. The van der Waals surface area contributed by atoms with E-state index in [1.807, 2.05) is 18.2 Å². The van der Waals surface area contributed by atoms with Crippen LogP contribution in [0.1, 0.15) is 17.9 Å². The van der Waals surface area contributed by atoms with Crippen molar-refractivity contribution in [1.29, 1.82) is 0 Å². The Hall–Kier alpha value is -1.55. The highest BCUT2D eigenvalue weighted by Crippen LogP contribution is 2.32. The van der Waals surface area contributed by atoms with Gasteiger partial charge in [-0.2, -0.15) is 0 Å². The Balaban J connectivity index is 1.76. The molecule has 0 spiro atoms. The van der Waals surface area contributed by atoms with E-state index in [4.69, 9.17) is 4.74 Å². The maximum Gasteiger partial charge on any atom is 0.306 e. The van der Waals surface area contributed by atoms with Gasteiger partial charge in [0.1, 0.15) is 5.75 Å². The molecule has 1 aromatic carbocycles. The third-order valence-corrected chi connectivity index (χ3v) is 2.92. The van der Waals surface area contributed by atoms with Crippen molar-refractivity contribution in [3.05, 3.63) is 29.8 Å². The van der Waals surface area contributed by atoms with Crippen molar-refractivity contribution in [1.82, 2.24) is 5.32 Å². The second-order valence-electron chi connectivity index (χ2n) is 4.08. The Bertz CT molecular complexity index is 392. The lowest BCUT2D eigenvalue weighted by Gasteiger charge is -2.09. The first-order chi connectivity index (χ1) is 8.31. The van der Waals surface area contributed by atoms with Crippen LogP contribution in [0.5, 0.6) is 5.75 Å². The van der Waals surface area contributed by atoms with Crippen LogP contribution in [0.3, 0.4) is 0 Å². The van der Waals surface area contributed by atoms with Gasteiger partial charge < -0.3 is 14.8 Å². The molecule has 1 heterocycles. The van der Waals surface area contributed by atoms with E-state index in [9.17, 15) is 4.79 Å². The lowest BCUT2D eigenvalue weighted by atomic mass is 10.0. The van der Waals surface area contributed by atoms with Gasteiger partial charge in [-0.1, -0.05) is 18.2 Å². The molecule has 1 N–H and O–H groups in total. The Morgan fingerprint density at radius 2 is 2.35 bits per heavy atom. The number of hydrogen-bond acceptors (Lipinski definition) is 4. The van der Waals surface area contributed by atoms with Crippen molar-refractivity contribution in [2.75, 3.05) is 26.8 Å². The fraction of sp³-hybridized carbons (Fsp3) is 0.462. The fourth-order valence-corrected chi connectivity index (χ4v) is 1.97. The summed E-state index contributed by atoms with van der Waals surface area (Å²) in [6.45, 7) is 2.18. The standard InChI is InChI=1S/C13H17NO3/c1-16-13(15)6-7-14-8-10-9-17-12-5-3-2-4-11(10)12/h2-5,10,14H,6-9H2,1H3. The van der Waals surface area contributed by atoms with Gasteiger partial charge in [-0.05, 0) is 6.07 Å². The number of methoxy groups -OCH3 is 1. The van der Waals surface area contributed by atoms with E-state index in [-0.39, 0.29) is 5.97 Å². The highest BCUT2D eigenvalue weighted by Gasteiger charge is 2.22. The Labute approximate surface area is 101 Å². The molecule has 4 heteroatoms. The Kier molecular flexibility index (Phi) is 3.98. The zero-order chi connectivity index (χ0) is 12.1. The van der Waals surface area contributed by atoms with Crippen molar-refractivity contribution in [3.8, 4) is 5.75 Å². The maximum absolute atomic E-state index is 10.9. The second-order valence-corrected chi connectivity index (χ2v) is 4.08. The molecule has 1 aliphatic heterocycles. The Morgan fingerprint density at radius 3 is 3.18 bits per heavy atom. The summed E-state index contributed by atoms with van der Waals surface area (Å²) in [5.74, 6) is 1.18. The summed E-state index contributed by atoms with van der Waals surface area (Å²) >= 11 is 0. The number of esters is 1. The van der Waals surface area contributed by atoms with Crippen molar-refractivity contribution in [2.24, 2.45) is 0 Å². The molecule has 0 amide bonds. The molecule has 1 aromatic rings. The first kappa shape index (κ1) is 11.9. The smallest absolute Gasteiger partial charge is 0.306 e. The molecule has 0 aromatic heterocycles. The van der Waals surface area contributed by atoms with Gasteiger partial charge >= 0.3 is 5.97 Å². The van der Waals surface area contributed by atoms with Gasteiger partial charge in [-0.15, -0.1) is 0 Å². The highest BCUT2D eigenvalue weighted by molar-refractivity contribution is 5.69. The van der Waals surface area contributed by atoms with Gasteiger partial charge in [-0.25, -0.2) is 0 Å². The molecular formula is C13H17NO3. The normalized spacial score (nSPS) is 17.4. The van der Waals surface area contributed by atoms with E-state index >= 15 is 0 Å². The average Bonchev–Trinajstić information content (AvgIpc) is 2.78. The molecule has 1 unspecified atom stereocenters. The van der Waals surface area contributed by atoms with Crippen molar-refractivity contribution in [3.63, 3.8) is 0 Å². The minimum Gasteiger partial charge on any atom is -0.493 e. The van der Waals surface area contributed by atoms with Crippen molar-refractivity contribution in [2.45, 2.75) is 12.3 Å². The van der Waals surface area contributed by atoms with Gasteiger partial charge in [0.05, 0.1) is 20.1 Å². The number of ether oxygens (including phenoxy) is 2. The van der Waals surface area contributed by atoms with Gasteiger partial charge in [0.2, 0.25) is 0 Å². The predicted octanol–water partition coefficient (Wildman–Crippen LogP) is 1.32. The van der Waals surface area contributed by atoms with Crippen LogP contribution in [0.25, 0.3) is 0 Å². The second kappa shape index (κ2) is 5.68. The number of benzene rings is 1. The number of hydrogen-bond donors (Lipinski definition) is 1. The third-order valence-electron chi connectivity index (χ3n) is 2.92. The van der Waals surface area contributed by atoms with Gasteiger partial charge in [0.25, 0.3) is 0 Å². The molecule has 0 saturated carbocycles. The summed E-state index contributed by atoms with van der Waals surface area (Å²) in [7, 11) is 1.41. The van der Waals surface area contributed by atoms with E-state index in [2.05, 4.69) is 16.1 Å². The summed E-state index contributed by atoms with van der Waals surface area (Å²) in [5.41, 5.74) is 1.25. The summed E-state index contributed by atoms with van der Waals surface area (Å²) < 4.78 is 10.2. The number of carbonyl (C=O) groups excluding carboxylic acids is 1. The van der Waals surface area contributed by atoms with E-state index < -0.39 is 0 Å². The van der Waals surface area contributed by atoms with E-state index in [1.54, 1.807) is 0 Å². The van der Waals surface area contributed by atoms with Crippen LogP contribution in [0.2, 0.25) is 0 Å². The molecule has 1 aliphatic rings. The van der Waals surface area contributed by atoms with Gasteiger partial charge in [0.15, 0.2) is 0 Å². The fourth-order valence-electron chi connectivity index (χ4n) is 1.97. The molecule has 17 heavy (non-hydrogen) atoms. The zero-order valence-electron chi connectivity index (χ0n) is 9.94. The quantitative estimate of drug-likeness (QED) is 0.617. The predicted molar refractivity (Wildman–Crippen MR) is 64.2 cm³/mol. The molecular weight excluding hydrogens is 218 g/mol. The van der Waals surface area contributed by atoms with E-state index in [0.717, 1.165) is 12.3 Å². The maximum atomic E-state index is 10.9. The van der Waals surface area contributed by atoms with Gasteiger partial charge in [-0.3, -0.25) is 4.79 Å². The topological polar surface area (TPSA) is 47.6 Å². The van der Waals surface area contributed by atoms with Crippen LogP contribution in [0.4, 0.5) is 0 Å². The monoisotopic (exact) mass is 235 g/mol. The van der Waals surface area contributed by atoms with Gasteiger partial charge in [0, 0.05) is 24.6 Å². The number of carbonyl (C=O) groups is 1. The van der Waals surface area contributed by atoms with Crippen LogP contribution in [-0.2, 0) is 9.53 Å². The van der Waals surface area contributed by atoms with Crippen LogP contribution in [-0.4, -0.2) is 32.8 Å². The molecule has 1 atom stereocenters. The van der Waals surface area contributed by atoms with Crippen molar-refractivity contribution >= 4 is 5.97 Å². The molecule has 0 saturated heterocycles. The lowest BCUT2D eigenvalue weighted by Crippen LogP contribution is -2.25. The molecule has 4 nitrogen and oxygen atoms in total. The average molecular weight is 235 g/mol. The summed E-state index contributed by atoms with van der Waals surface area (Å²) in [6, 6.07) is 8.08. The highest BCUT2D eigenvalue weighted by atomic mass is 16.5. The lowest BCUT2D eigenvalue weighted by molar-refractivity contribution is -0.140. The summed E-state index contributed by atoms with van der Waals surface area (Å²) in [6.07, 6.45) is 0.408.